The van der Waals surface area contributed by atoms with Gasteiger partial charge in [0.15, 0.2) is 0 Å². The molecular formula is C26H23I. The molecule has 0 atom stereocenters. The highest BCUT2D eigenvalue weighted by molar-refractivity contribution is 14.1. The van der Waals surface area contributed by atoms with Crippen molar-refractivity contribution >= 4 is 28.2 Å². The number of hydrogen-bond donors (Lipinski definition) is 0. The van der Waals surface area contributed by atoms with Crippen LogP contribution in [0.1, 0.15) is 37.0 Å². The summed E-state index contributed by atoms with van der Waals surface area (Å²) in [6.45, 7) is 8.58. The first-order valence-electron chi connectivity index (χ1n) is 9.32. The van der Waals surface area contributed by atoms with Crippen LogP contribution in [-0.4, -0.2) is 0 Å². The smallest absolute Gasteiger partial charge is 0.0159 e. The van der Waals surface area contributed by atoms with Crippen LogP contribution in [0.5, 0.6) is 0 Å². The molecule has 0 nitrogen and oxygen atoms in total. The van der Waals surface area contributed by atoms with E-state index in [0.717, 1.165) is 6.42 Å². The largest absolute Gasteiger partial charge is 0.0990 e. The monoisotopic (exact) mass is 462 g/mol. The summed E-state index contributed by atoms with van der Waals surface area (Å²) in [6.07, 6.45) is 13.9. The van der Waals surface area contributed by atoms with Gasteiger partial charge in [-0.1, -0.05) is 87.2 Å². The maximum atomic E-state index is 3.93. The number of halogens is 1. The van der Waals surface area contributed by atoms with E-state index in [1.165, 1.54) is 42.5 Å². The van der Waals surface area contributed by atoms with Gasteiger partial charge in [0.1, 0.15) is 0 Å². The number of rotatable bonds is 3. The summed E-state index contributed by atoms with van der Waals surface area (Å²) in [7, 11) is 0. The van der Waals surface area contributed by atoms with E-state index in [1.807, 2.05) is 6.08 Å². The van der Waals surface area contributed by atoms with Crippen molar-refractivity contribution in [1.29, 1.82) is 0 Å². The van der Waals surface area contributed by atoms with E-state index in [0.29, 0.717) is 0 Å². The molecule has 2 aliphatic rings. The predicted octanol–water partition coefficient (Wildman–Crippen LogP) is 7.77. The molecular weight excluding hydrogens is 439 g/mol. The second-order valence-electron chi connectivity index (χ2n) is 7.63. The molecule has 0 amide bonds. The molecule has 4 rings (SSSR count). The fourth-order valence-corrected chi connectivity index (χ4v) is 4.48. The lowest BCUT2D eigenvalue weighted by Crippen LogP contribution is -2.15. The third-order valence-corrected chi connectivity index (χ3v) is 6.34. The zero-order valence-corrected chi connectivity index (χ0v) is 18.0. The Kier molecular flexibility index (Phi) is 4.81. The minimum Gasteiger partial charge on any atom is -0.0990 e. The van der Waals surface area contributed by atoms with Crippen molar-refractivity contribution < 1.29 is 0 Å². The van der Waals surface area contributed by atoms with Crippen molar-refractivity contribution in [2.24, 2.45) is 0 Å². The molecule has 2 aromatic rings. The fourth-order valence-electron chi connectivity index (χ4n) is 4.08. The second kappa shape index (κ2) is 7.12. The Labute approximate surface area is 175 Å². The highest BCUT2D eigenvalue weighted by atomic mass is 127. The average molecular weight is 462 g/mol. The fraction of sp³-hybridized carbons (Fsp3) is 0.154. The number of allylic oxidation sites excluding steroid dienone is 9. The minimum atomic E-state index is 0.0258. The summed E-state index contributed by atoms with van der Waals surface area (Å²) in [5.74, 6) is 0. The normalized spacial score (nSPS) is 18.9. The Morgan fingerprint density at radius 2 is 1.81 bits per heavy atom. The van der Waals surface area contributed by atoms with E-state index in [-0.39, 0.29) is 5.41 Å². The van der Waals surface area contributed by atoms with Gasteiger partial charge in [0.2, 0.25) is 0 Å². The lowest BCUT2D eigenvalue weighted by Gasteiger charge is -2.22. The average Bonchev–Trinajstić information content (AvgIpc) is 2.91. The van der Waals surface area contributed by atoms with Crippen LogP contribution in [0.4, 0.5) is 0 Å². The predicted molar refractivity (Wildman–Crippen MR) is 126 cm³/mol. The Hall–Kier alpha value is -2.13. The van der Waals surface area contributed by atoms with Gasteiger partial charge < -0.3 is 0 Å². The molecule has 0 saturated heterocycles. The molecule has 0 aliphatic heterocycles. The summed E-state index contributed by atoms with van der Waals surface area (Å²) in [5, 5.41) is 0. The molecule has 0 saturated carbocycles. The van der Waals surface area contributed by atoms with Gasteiger partial charge in [0.25, 0.3) is 0 Å². The highest BCUT2D eigenvalue weighted by Gasteiger charge is 2.35. The molecule has 0 bridgehead atoms. The molecule has 0 spiro atoms. The summed E-state index contributed by atoms with van der Waals surface area (Å²) >= 11 is 2.37. The summed E-state index contributed by atoms with van der Waals surface area (Å²) < 4.78 is 1.30. The van der Waals surface area contributed by atoms with Gasteiger partial charge in [-0.25, -0.2) is 0 Å². The van der Waals surface area contributed by atoms with Gasteiger partial charge in [-0.2, -0.15) is 0 Å². The first-order chi connectivity index (χ1) is 13.0. The van der Waals surface area contributed by atoms with Crippen molar-refractivity contribution in [1.82, 2.24) is 0 Å². The summed E-state index contributed by atoms with van der Waals surface area (Å²) in [5.41, 5.74) is 9.36. The van der Waals surface area contributed by atoms with Crippen LogP contribution in [0.2, 0.25) is 0 Å². The molecule has 0 fully saturated rings. The topological polar surface area (TPSA) is 0 Å². The molecule has 0 heterocycles. The van der Waals surface area contributed by atoms with Gasteiger partial charge in [-0.15, -0.1) is 0 Å². The first kappa shape index (κ1) is 18.2. The molecule has 134 valence electrons. The molecule has 0 radical (unpaired) electrons. The van der Waals surface area contributed by atoms with Gasteiger partial charge in [-0.3, -0.25) is 0 Å². The van der Waals surface area contributed by atoms with Crippen LogP contribution in [0.15, 0.2) is 94.7 Å². The third-order valence-electron chi connectivity index (χ3n) is 5.54. The lowest BCUT2D eigenvalue weighted by molar-refractivity contribution is 0.660. The van der Waals surface area contributed by atoms with Crippen LogP contribution >= 0.6 is 22.6 Å². The first-order valence-corrected chi connectivity index (χ1v) is 10.4. The van der Waals surface area contributed by atoms with E-state index in [4.69, 9.17) is 0 Å². The summed E-state index contributed by atoms with van der Waals surface area (Å²) in [4.78, 5) is 0. The standard InChI is InChI=1S/C26H23I/c1-4-7-19(16-18-10-13-21(27)14-11-18)20-12-15-23-22-8-5-6-9-24(22)26(2,3)25(23)17-20/h4-10,12-17H,1,11H2,2-3H3/b18-16-,19-7+. The molecule has 2 aliphatic carbocycles. The van der Waals surface area contributed by atoms with E-state index in [9.17, 15) is 0 Å². The maximum absolute atomic E-state index is 3.93. The van der Waals surface area contributed by atoms with E-state index < -0.39 is 0 Å². The Balaban J connectivity index is 1.78. The van der Waals surface area contributed by atoms with Crippen LogP contribution in [0.3, 0.4) is 0 Å². The van der Waals surface area contributed by atoms with Gasteiger partial charge in [-0.05, 0) is 80.1 Å². The van der Waals surface area contributed by atoms with Gasteiger partial charge >= 0.3 is 0 Å². The second-order valence-corrected chi connectivity index (χ2v) is 8.88. The van der Waals surface area contributed by atoms with Crippen molar-refractivity contribution in [3.63, 3.8) is 0 Å². The highest BCUT2D eigenvalue weighted by Crippen LogP contribution is 2.49. The van der Waals surface area contributed by atoms with Crippen molar-refractivity contribution in [2.45, 2.75) is 25.7 Å². The van der Waals surface area contributed by atoms with Gasteiger partial charge in [0.05, 0.1) is 0 Å². The van der Waals surface area contributed by atoms with Crippen molar-refractivity contribution in [2.75, 3.05) is 0 Å². The molecule has 2 aromatic carbocycles. The Morgan fingerprint density at radius 1 is 1.04 bits per heavy atom. The van der Waals surface area contributed by atoms with Crippen LogP contribution in [0, 0.1) is 0 Å². The molecule has 27 heavy (non-hydrogen) atoms. The van der Waals surface area contributed by atoms with E-state index in [1.54, 1.807) is 0 Å². The summed E-state index contributed by atoms with van der Waals surface area (Å²) in [6, 6.07) is 15.7. The van der Waals surface area contributed by atoms with Crippen LogP contribution in [0.25, 0.3) is 16.7 Å². The third kappa shape index (κ3) is 3.29. The van der Waals surface area contributed by atoms with Crippen molar-refractivity contribution in [3.8, 4) is 11.1 Å². The maximum Gasteiger partial charge on any atom is 0.0159 e. The minimum absolute atomic E-state index is 0.0258. The SMILES string of the molecule is C=C/C=C(\C=C1\C=CC(I)=CC1)c1ccc2c(c1)C(C)(C)c1ccccc1-2. The molecule has 0 N–H and O–H groups in total. The van der Waals surface area contributed by atoms with Crippen molar-refractivity contribution in [3.05, 3.63) is 111 Å². The van der Waals surface area contributed by atoms with E-state index in [2.05, 4.69) is 116 Å². The Bertz CT molecular complexity index is 1040. The quantitative estimate of drug-likeness (QED) is 0.323. The lowest BCUT2D eigenvalue weighted by atomic mass is 9.81. The molecule has 1 heteroatoms. The van der Waals surface area contributed by atoms with Gasteiger partial charge in [0, 0.05) is 8.99 Å². The van der Waals surface area contributed by atoms with E-state index >= 15 is 0 Å². The van der Waals surface area contributed by atoms with Crippen LogP contribution < -0.4 is 0 Å². The zero-order valence-electron chi connectivity index (χ0n) is 15.8. The number of benzene rings is 2. The zero-order chi connectivity index (χ0) is 19.0. The van der Waals surface area contributed by atoms with Crippen LogP contribution in [-0.2, 0) is 5.41 Å². The number of fused-ring (bicyclic) bond motifs is 3. The number of hydrogen-bond acceptors (Lipinski definition) is 0. The Morgan fingerprint density at radius 3 is 2.56 bits per heavy atom. The molecule has 0 unspecified atom stereocenters. The molecule has 0 aromatic heterocycles.